The molecule has 6 nitrogen and oxygen atoms in total. The standard InChI is InChI=1S/C17H16N2O4S/c1-23-17(20)15-11-13-5-2-3-6-14(13)12-16(15)24(21,22)10-9-19-8-4-7-18-19/h2-8,11-12H,9-10H2,1H3. The molecule has 3 rings (SSSR count). The highest BCUT2D eigenvalue weighted by Crippen LogP contribution is 2.25. The van der Waals surface area contributed by atoms with Crippen LogP contribution in [0.1, 0.15) is 10.4 Å². The molecule has 0 fully saturated rings. The number of sulfone groups is 1. The fourth-order valence-corrected chi connectivity index (χ4v) is 3.93. The summed E-state index contributed by atoms with van der Waals surface area (Å²) in [5, 5.41) is 5.53. The van der Waals surface area contributed by atoms with Crippen LogP contribution in [0.4, 0.5) is 0 Å². The van der Waals surface area contributed by atoms with E-state index in [-0.39, 0.29) is 22.8 Å². The van der Waals surface area contributed by atoms with Crippen LogP contribution in [0, 0.1) is 0 Å². The first-order valence-corrected chi connectivity index (χ1v) is 8.98. The second-order valence-corrected chi connectivity index (χ2v) is 7.35. The van der Waals surface area contributed by atoms with Crippen molar-refractivity contribution in [3.05, 3.63) is 60.4 Å². The first-order valence-electron chi connectivity index (χ1n) is 7.32. The fraction of sp³-hybridized carbons (Fsp3) is 0.176. The molecule has 0 radical (unpaired) electrons. The van der Waals surface area contributed by atoms with Crippen molar-refractivity contribution in [1.29, 1.82) is 0 Å². The molecule has 0 bridgehead atoms. The first kappa shape index (κ1) is 16.2. The van der Waals surface area contributed by atoms with E-state index in [0.29, 0.717) is 0 Å². The molecule has 2 aromatic carbocycles. The molecule has 0 unspecified atom stereocenters. The molecule has 0 amide bonds. The van der Waals surface area contributed by atoms with Crippen molar-refractivity contribution in [3.8, 4) is 0 Å². The maximum atomic E-state index is 12.8. The van der Waals surface area contributed by atoms with Crippen LogP contribution < -0.4 is 0 Å². The number of hydrogen-bond acceptors (Lipinski definition) is 5. The molecule has 0 saturated carbocycles. The summed E-state index contributed by atoms with van der Waals surface area (Å²) >= 11 is 0. The van der Waals surface area contributed by atoms with Gasteiger partial charge in [0.05, 0.1) is 29.9 Å². The van der Waals surface area contributed by atoms with Crippen LogP contribution in [0.25, 0.3) is 10.8 Å². The Bertz CT molecular complexity index is 979. The molecule has 7 heteroatoms. The predicted octanol–water partition coefficient (Wildman–Crippen LogP) is 2.30. The van der Waals surface area contributed by atoms with Gasteiger partial charge in [-0.15, -0.1) is 0 Å². The summed E-state index contributed by atoms with van der Waals surface area (Å²) in [5.41, 5.74) is 0.0525. The van der Waals surface area contributed by atoms with Crippen molar-refractivity contribution in [2.24, 2.45) is 0 Å². The van der Waals surface area contributed by atoms with Crippen LogP contribution in [0.5, 0.6) is 0 Å². The Morgan fingerprint density at radius 2 is 1.88 bits per heavy atom. The Labute approximate surface area is 139 Å². The minimum absolute atomic E-state index is 0.0137. The minimum Gasteiger partial charge on any atom is -0.465 e. The Morgan fingerprint density at radius 1 is 1.17 bits per heavy atom. The van der Waals surface area contributed by atoms with E-state index < -0.39 is 15.8 Å². The van der Waals surface area contributed by atoms with Gasteiger partial charge in [0.25, 0.3) is 0 Å². The van der Waals surface area contributed by atoms with E-state index in [1.807, 2.05) is 24.3 Å². The van der Waals surface area contributed by atoms with Gasteiger partial charge in [0.1, 0.15) is 0 Å². The third-order valence-corrected chi connectivity index (χ3v) is 5.46. The Hall–Kier alpha value is -2.67. The zero-order chi connectivity index (χ0) is 17.2. The first-order chi connectivity index (χ1) is 11.5. The van der Waals surface area contributed by atoms with E-state index in [9.17, 15) is 13.2 Å². The molecule has 0 N–H and O–H groups in total. The number of carbonyl (C=O) groups is 1. The smallest absolute Gasteiger partial charge is 0.339 e. The zero-order valence-electron chi connectivity index (χ0n) is 13.0. The average molecular weight is 344 g/mol. The third kappa shape index (κ3) is 3.16. The predicted molar refractivity (Wildman–Crippen MR) is 89.6 cm³/mol. The van der Waals surface area contributed by atoms with Crippen LogP contribution in [0.15, 0.2) is 59.8 Å². The summed E-state index contributed by atoms with van der Waals surface area (Å²) in [7, 11) is -2.44. The van der Waals surface area contributed by atoms with Gasteiger partial charge in [-0.05, 0) is 29.0 Å². The van der Waals surface area contributed by atoms with Gasteiger partial charge in [0.15, 0.2) is 9.84 Å². The number of esters is 1. The molecule has 0 spiro atoms. The number of ether oxygens (including phenoxy) is 1. The highest BCUT2D eigenvalue weighted by molar-refractivity contribution is 7.91. The van der Waals surface area contributed by atoms with Gasteiger partial charge in [-0.1, -0.05) is 24.3 Å². The summed E-state index contributed by atoms with van der Waals surface area (Å²) in [6.45, 7) is 0.211. The van der Waals surface area contributed by atoms with Gasteiger partial charge in [-0.25, -0.2) is 13.2 Å². The highest BCUT2D eigenvalue weighted by atomic mass is 32.2. The number of aryl methyl sites for hydroxylation is 1. The third-order valence-electron chi connectivity index (χ3n) is 3.74. The largest absolute Gasteiger partial charge is 0.465 e. The molecule has 1 aromatic heterocycles. The van der Waals surface area contributed by atoms with Crippen molar-refractivity contribution < 1.29 is 17.9 Å². The van der Waals surface area contributed by atoms with Crippen LogP contribution >= 0.6 is 0 Å². The lowest BCUT2D eigenvalue weighted by Crippen LogP contribution is -2.17. The van der Waals surface area contributed by atoms with Gasteiger partial charge in [0, 0.05) is 12.4 Å². The molecule has 0 atom stereocenters. The van der Waals surface area contributed by atoms with Gasteiger partial charge >= 0.3 is 5.97 Å². The van der Waals surface area contributed by atoms with Gasteiger partial charge in [-0.3, -0.25) is 4.68 Å². The maximum Gasteiger partial charge on any atom is 0.339 e. The van der Waals surface area contributed by atoms with Crippen molar-refractivity contribution in [3.63, 3.8) is 0 Å². The lowest BCUT2D eigenvalue weighted by atomic mass is 10.1. The normalized spacial score (nSPS) is 11.5. The molecular formula is C17H16N2O4S. The second-order valence-electron chi connectivity index (χ2n) is 5.28. The Morgan fingerprint density at radius 3 is 2.50 bits per heavy atom. The average Bonchev–Trinajstić information content (AvgIpc) is 3.12. The topological polar surface area (TPSA) is 78.3 Å². The molecule has 1 heterocycles. The lowest BCUT2D eigenvalue weighted by molar-refractivity contribution is 0.0596. The zero-order valence-corrected chi connectivity index (χ0v) is 13.9. The summed E-state index contributed by atoms with van der Waals surface area (Å²) in [6.07, 6.45) is 3.28. The number of benzene rings is 2. The maximum absolute atomic E-state index is 12.8. The SMILES string of the molecule is COC(=O)c1cc2ccccc2cc1S(=O)(=O)CCn1cccn1. The number of aromatic nitrogens is 2. The minimum atomic E-state index is -3.68. The monoisotopic (exact) mass is 344 g/mol. The van der Waals surface area contributed by atoms with Crippen molar-refractivity contribution in [1.82, 2.24) is 9.78 Å². The molecule has 24 heavy (non-hydrogen) atoms. The van der Waals surface area contributed by atoms with Gasteiger partial charge in [-0.2, -0.15) is 5.10 Å². The van der Waals surface area contributed by atoms with E-state index in [0.717, 1.165) is 10.8 Å². The summed E-state index contributed by atoms with van der Waals surface area (Å²) < 4.78 is 31.8. The van der Waals surface area contributed by atoms with E-state index in [2.05, 4.69) is 5.10 Å². The molecule has 124 valence electrons. The summed E-state index contributed by atoms with van der Waals surface area (Å²) in [4.78, 5) is 12.0. The fourth-order valence-electron chi connectivity index (χ4n) is 2.50. The molecule has 0 saturated heterocycles. The van der Waals surface area contributed by atoms with Crippen molar-refractivity contribution >= 4 is 26.6 Å². The number of rotatable bonds is 5. The second kappa shape index (κ2) is 6.45. The molecule has 3 aromatic rings. The van der Waals surface area contributed by atoms with Gasteiger partial charge in [0.2, 0.25) is 0 Å². The van der Waals surface area contributed by atoms with Crippen molar-refractivity contribution in [2.45, 2.75) is 11.4 Å². The van der Waals surface area contributed by atoms with Crippen LogP contribution in [-0.4, -0.2) is 37.0 Å². The highest BCUT2D eigenvalue weighted by Gasteiger charge is 2.24. The quantitative estimate of drug-likeness (QED) is 0.664. The Kier molecular flexibility index (Phi) is 4.35. The Balaban J connectivity index is 2.06. The number of carbonyl (C=O) groups excluding carboxylic acids is 1. The number of nitrogens with zero attached hydrogens (tertiary/aromatic N) is 2. The van der Waals surface area contributed by atoms with Crippen LogP contribution in [0.3, 0.4) is 0 Å². The molecule has 0 aliphatic carbocycles. The lowest BCUT2D eigenvalue weighted by Gasteiger charge is -2.11. The molecule has 0 aliphatic rings. The van der Waals surface area contributed by atoms with E-state index >= 15 is 0 Å². The molecule has 0 aliphatic heterocycles. The van der Waals surface area contributed by atoms with Crippen LogP contribution in [-0.2, 0) is 21.1 Å². The number of hydrogen-bond donors (Lipinski definition) is 0. The van der Waals surface area contributed by atoms with Crippen LogP contribution in [0.2, 0.25) is 0 Å². The van der Waals surface area contributed by atoms with Gasteiger partial charge < -0.3 is 4.74 Å². The van der Waals surface area contributed by atoms with E-state index in [4.69, 9.17) is 4.74 Å². The molecular weight excluding hydrogens is 328 g/mol. The summed E-state index contributed by atoms with van der Waals surface area (Å²) in [5.74, 6) is -0.824. The van der Waals surface area contributed by atoms with E-state index in [1.165, 1.54) is 17.9 Å². The number of fused-ring (bicyclic) bond motifs is 1. The van der Waals surface area contributed by atoms with Crippen molar-refractivity contribution in [2.75, 3.05) is 12.9 Å². The van der Waals surface area contributed by atoms with E-state index in [1.54, 1.807) is 24.5 Å². The summed E-state index contributed by atoms with van der Waals surface area (Å²) in [6, 6.07) is 12.1. The number of methoxy groups -OCH3 is 1.